The Bertz CT molecular complexity index is 1140. The van der Waals surface area contributed by atoms with Gasteiger partial charge >= 0.3 is 0 Å². The van der Waals surface area contributed by atoms with Crippen LogP contribution in [0.15, 0.2) is 70.9 Å². The second kappa shape index (κ2) is 8.46. The third-order valence-electron chi connectivity index (χ3n) is 4.14. The van der Waals surface area contributed by atoms with Gasteiger partial charge in [0.15, 0.2) is 0 Å². The lowest BCUT2D eigenvalue weighted by atomic mass is 10.2. The first-order valence-electron chi connectivity index (χ1n) is 8.71. The number of primary amides is 1. The van der Waals surface area contributed by atoms with Gasteiger partial charge in [-0.1, -0.05) is 24.3 Å². The summed E-state index contributed by atoms with van der Waals surface area (Å²) in [4.78, 5) is 24.5. The molecule has 0 fully saturated rings. The molecule has 2 amide bonds. The summed E-state index contributed by atoms with van der Waals surface area (Å²) in [6, 6.07) is 15.9. The monoisotopic (exact) mass is 429 g/mol. The van der Waals surface area contributed by atoms with Crippen molar-refractivity contribution in [2.45, 2.75) is 11.8 Å². The molecule has 1 heterocycles. The van der Waals surface area contributed by atoms with Crippen LogP contribution >= 0.6 is 11.3 Å². The Balaban J connectivity index is 1.92. The Morgan fingerprint density at radius 2 is 1.79 bits per heavy atom. The highest BCUT2D eigenvalue weighted by Crippen LogP contribution is 2.31. The van der Waals surface area contributed by atoms with E-state index in [-0.39, 0.29) is 21.9 Å². The molecule has 0 unspecified atom stereocenters. The fourth-order valence-corrected chi connectivity index (χ4v) is 5.15. The molecule has 3 rings (SSSR count). The van der Waals surface area contributed by atoms with E-state index in [1.54, 1.807) is 54.8 Å². The number of hydrogen-bond donors (Lipinski definition) is 2. The van der Waals surface area contributed by atoms with E-state index in [9.17, 15) is 18.0 Å². The first kappa shape index (κ1) is 20.6. The van der Waals surface area contributed by atoms with Crippen molar-refractivity contribution < 1.29 is 18.0 Å². The number of carbonyl (C=O) groups is 2. The van der Waals surface area contributed by atoms with Gasteiger partial charge in [-0.15, -0.1) is 11.3 Å². The minimum atomic E-state index is -3.82. The fourth-order valence-electron chi connectivity index (χ4n) is 2.80. The number of rotatable bonds is 7. The van der Waals surface area contributed by atoms with Gasteiger partial charge in [-0.25, -0.2) is 8.42 Å². The summed E-state index contributed by atoms with van der Waals surface area (Å²) >= 11 is 1.13. The van der Waals surface area contributed by atoms with Crippen molar-refractivity contribution in [1.82, 2.24) is 0 Å². The zero-order valence-electron chi connectivity index (χ0n) is 15.5. The summed E-state index contributed by atoms with van der Waals surface area (Å²) in [6.07, 6.45) is 0. The maximum Gasteiger partial charge on any atom is 0.267 e. The molecule has 9 heteroatoms. The Kier molecular flexibility index (Phi) is 6.00. The van der Waals surface area contributed by atoms with Crippen molar-refractivity contribution in [1.29, 1.82) is 0 Å². The lowest BCUT2D eigenvalue weighted by Crippen LogP contribution is -2.32. The van der Waals surface area contributed by atoms with Crippen molar-refractivity contribution in [2.24, 2.45) is 5.73 Å². The van der Waals surface area contributed by atoms with Crippen LogP contribution in [0.25, 0.3) is 0 Å². The molecule has 0 saturated carbocycles. The Morgan fingerprint density at radius 3 is 2.45 bits per heavy atom. The van der Waals surface area contributed by atoms with Crippen molar-refractivity contribution in [3.8, 4) is 0 Å². The average molecular weight is 430 g/mol. The summed E-state index contributed by atoms with van der Waals surface area (Å²) in [5.41, 5.74) is 6.22. The summed E-state index contributed by atoms with van der Waals surface area (Å²) in [6.45, 7) is 1.86. The summed E-state index contributed by atoms with van der Waals surface area (Å²) in [5, 5.41) is 4.35. The zero-order valence-corrected chi connectivity index (χ0v) is 17.2. The number of sulfonamides is 1. The first-order valence-corrected chi connectivity index (χ1v) is 11.0. The van der Waals surface area contributed by atoms with Crippen LogP contribution in [-0.4, -0.2) is 26.8 Å². The normalized spacial score (nSPS) is 11.1. The zero-order chi connectivity index (χ0) is 21.0. The lowest BCUT2D eigenvalue weighted by molar-refractivity contribution is 0.0996. The average Bonchev–Trinajstić information content (AvgIpc) is 3.18. The van der Waals surface area contributed by atoms with Crippen LogP contribution in [0.5, 0.6) is 0 Å². The summed E-state index contributed by atoms with van der Waals surface area (Å²) in [5.74, 6) is -1.08. The largest absolute Gasteiger partial charge is 0.366 e. The molecule has 0 bridgehead atoms. The van der Waals surface area contributed by atoms with Gasteiger partial charge in [-0.05, 0) is 48.7 Å². The van der Waals surface area contributed by atoms with Crippen LogP contribution in [0.4, 0.5) is 11.4 Å². The molecule has 0 atom stereocenters. The molecule has 0 aliphatic carbocycles. The predicted octanol–water partition coefficient (Wildman–Crippen LogP) is 3.31. The third-order valence-corrected chi connectivity index (χ3v) is 6.95. The molecule has 0 saturated heterocycles. The van der Waals surface area contributed by atoms with E-state index in [1.807, 2.05) is 0 Å². The molecule has 150 valence electrons. The number of nitrogens with one attached hydrogen (secondary N) is 1. The maximum absolute atomic E-state index is 13.1. The minimum absolute atomic E-state index is 0.147. The van der Waals surface area contributed by atoms with E-state index >= 15 is 0 Å². The number of amides is 2. The van der Waals surface area contributed by atoms with Gasteiger partial charge in [0.25, 0.3) is 15.9 Å². The summed E-state index contributed by atoms with van der Waals surface area (Å²) < 4.78 is 27.3. The number of benzene rings is 2. The molecule has 0 aliphatic heterocycles. The van der Waals surface area contributed by atoms with E-state index < -0.39 is 21.8 Å². The highest BCUT2D eigenvalue weighted by Gasteiger charge is 2.28. The van der Waals surface area contributed by atoms with Crippen LogP contribution in [0.2, 0.25) is 0 Å². The van der Waals surface area contributed by atoms with Crippen LogP contribution < -0.4 is 15.4 Å². The molecular formula is C20H19N3O4S2. The van der Waals surface area contributed by atoms with Crippen LogP contribution in [-0.2, 0) is 10.0 Å². The molecule has 3 N–H and O–H groups in total. The molecule has 0 aliphatic rings. The van der Waals surface area contributed by atoms with Gasteiger partial charge < -0.3 is 11.1 Å². The van der Waals surface area contributed by atoms with E-state index in [4.69, 9.17) is 5.73 Å². The molecule has 7 nitrogen and oxygen atoms in total. The number of nitrogens with two attached hydrogens (primary N) is 1. The minimum Gasteiger partial charge on any atom is -0.366 e. The van der Waals surface area contributed by atoms with Gasteiger partial charge in [0.1, 0.15) is 4.88 Å². The number of anilines is 2. The van der Waals surface area contributed by atoms with Gasteiger partial charge in [0, 0.05) is 17.8 Å². The van der Waals surface area contributed by atoms with Crippen molar-refractivity contribution in [3.05, 3.63) is 76.5 Å². The van der Waals surface area contributed by atoms with E-state index in [0.29, 0.717) is 11.4 Å². The van der Waals surface area contributed by atoms with Crippen LogP contribution in [0.1, 0.15) is 27.0 Å². The highest BCUT2D eigenvalue weighted by molar-refractivity contribution is 7.92. The maximum atomic E-state index is 13.1. The number of thiophene rings is 1. The van der Waals surface area contributed by atoms with Crippen LogP contribution in [0, 0.1) is 0 Å². The number of hydrogen-bond acceptors (Lipinski definition) is 5. The summed E-state index contributed by atoms with van der Waals surface area (Å²) in [7, 11) is -3.82. The second-order valence-electron chi connectivity index (χ2n) is 6.02. The van der Waals surface area contributed by atoms with E-state index in [2.05, 4.69) is 5.32 Å². The quantitative estimate of drug-likeness (QED) is 0.600. The standard InChI is InChI=1S/C20H19N3O4S2/c1-2-23(29(26,27)16-9-4-3-5-10-16)17-11-12-28-18(17)20(25)22-15-8-6-7-14(13-15)19(21)24/h3-13H,2H2,1H3,(H2,21,24)(H,22,25). The van der Waals surface area contributed by atoms with Gasteiger partial charge in [0.05, 0.1) is 10.6 Å². The molecule has 1 aromatic heterocycles. The Labute approximate surface area is 172 Å². The predicted molar refractivity (Wildman–Crippen MR) is 114 cm³/mol. The Hall–Kier alpha value is -3.17. The lowest BCUT2D eigenvalue weighted by Gasteiger charge is -2.23. The van der Waals surface area contributed by atoms with Crippen molar-refractivity contribution in [2.75, 3.05) is 16.2 Å². The molecule has 3 aromatic rings. The molecule has 0 spiro atoms. The van der Waals surface area contributed by atoms with Gasteiger partial charge in [-0.2, -0.15) is 0 Å². The van der Waals surface area contributed by atoms with Crippen LogP contribution in [0.3, 0.4) is 0 Å². The van der Waals surface area contributed by atoms with E-state index in [0.717, 1.165) is 11.3 Å². The molecule has 2 aromatic carbocycles. The fraction of sp³-hybridized carbons (Fsp3) is 0.100. The topological polar surface area (TPSA) is 110 Å². The van der Waals surface area contributed by atoms with E-state index in [1.165, 1.54) is 22.5 Å². The second-order valence-corrected chi connectivity index (χ2v) is 8.80. The van der Waals surface area contributed by atoms with Crippen molar-refractivity contribution >= 4 is 44.5 Å². The molecule has 29 heavy (non-hydrogen) atoms. The van der Waals surface area contributed by atoms with Gasteiger partial charge in [-0.3, -0.25) is 13.9 Å². The highest BCUT2D eigenvalue weighted by atomic mass is 32.2. The molecule has 0 radical (unpaired) electrons. The SMILES string of the molecule is CCN(c1ccsc1C(=O)Nc1cccc(C(N)=O)c1)S(=O)(=O)c1ccccc1. The van der Waals surface area contributed by atoms with Crippen molar-refractivity contribution in [3.63, 3.8) is 0 Å². The first-order chi connectivity index (χ1) is 13.8. The third kappa shape index (κ3) is 4.30. The Morgan fingerprint density at radius 1 is 1.07 bits per heavy atom. The number of nitrogens with zero attached hydrogens (tertiary/aromatic N) is 1. The smallest absolute Gasteiger partial charge is 0.267 e. The van der Waals surface area contributed by atoms with Gasteiger partial charge in [0.2, 0.25) is 5.91 Å². The number of carbonyl (C=O) groups excluding carboxylic acids is 2. The molecular weight excluding hydrogens is 410 g/mol.